The fourth-order valence-corrected chi connectivity index (χ4v) is 2.93. The van der Waals surface area contributed by atoms with Crippen LogP contribution < -0.4 is 15.4 Å². The van der Waals surface area contributed by atoms with E-state index in [2.05, 4.69) is 21.2 Å². The summed E-state index contributed by atoms with van der Waals surface area (Å²) in [5.74, 6) is -0.260. The summed E-state index contributed by atoms with van der Waals surface area (Å²) in [5, 5.41) is 7.76. The molecule has 0 heterocycles. The van der Waals surface area contributed by atoms with Gasteiger partial charge in [0.2, 0.25) is 15.9 Å². The first-order chi connectivity index (χ1) is 11.2. The highest BCUT2D eigenvalue weighted by Gasteiger charge is 2.11. The molecule has 24 heavy (non-hydrogen) atoms. The maximum atomic E-state index is 12.2. The number of hydrogen-bond donors (Lipinski definition) is 2. The van der Waals surface area contributed by atoms with E-state index in [9.17, 15) is 13.2 Å². The van der Waals surface area contributed by atoms with E-state index < -0.39 is 10.0 Å². The molecule has 0 radical (unpaired) electrons. The number of amides is 1. The molecule has 2 aromatic rings. The summed E-state index contributed by atoms with van der Waals surface area (Å²) < 4.78 is 23.7. The van der Waals surface area contributed by atoms with Gasteiger partial charge in [-0.2, -0.15) is 0 Å². The van der Waals surface area contributed by atoms with Gasteiger partial charge >= 0.3 is 0 Å². The molecular weight excluding hydrogens is 394 g/mol. The van der Waals surface area contributed by atoms with Gasteiger partial charge in [-0.15, -0.1) is 0 Å². The van der Waals surface area contributed by atoms with Crippen molar-refractivity contribution in [3.8, 4) is 0 Å². The molecule has 3 N–H and O–H groups in total. The van der Waals surface area contributed by atoms with Crippen LogP contribution in [0.5, 0.6) is 0 Å². The van der Waals surface area contributed by atoms with E-state index in [1.54, 1.807) is 11.0 Å². The molecule has 0 bridgehead atoms. The number of nitrogens with one attached hydrogen (secondary N) is 1. The number of benzene rings is 2. The molecule has 128 valence electrons. The number of carbonyl (C=O) groups excluding carboxylic acids is 1. The molecular formula is C16H18BrN3O3S. The summed E-state index contributed by atoms with van der Waals surface area (Å²) in [6.07, 6.45) is 0. The van der Waals surface area contributed by atoms with Gasteiger partial charge < -0.3 is 10.2 Å². The number of hydrogen-bond acceptors (Lipinski definition) is 4. The van der Waals surface area contributed by atoms with Gasteiger partial charge in [0.15, 0.2) is 0 Å². The molecule has 0 atom stereocenters. The van der Waals surface area contributed by atoms with E-state index >= 15 is 0 Å². The van der Waals surface area contributed by atoms with Crippen LogP contribution >= 0.6 is 15.9 Å². The summed E-state index contributed by atoms with van der Waals surface area (Å²) >= 11 is 3.44. The Morgan fingerprint density at radius 2 is 1.96 bits per heavy atom. The molecule has 0 aromatic heterocycles. The van der Waals surface area contributed by atoms with Gasteiger partial charge in [-0.05, 0) is 48.9 Å². The van der Waals surface area contributed by atoms with E-state index in [0.29, 0.717) is 5.69 Å². The van der Waals surface area contributed by atoms with Crippen molar-refractivity contribution in [3.05, 3.63) is 52.5 Å². The smallest absolute Gasteiger partial charge is 0.243 e. The number of sulfonamides is 1. The fourth-order valence-electron chi connectivity index (χ4n) is 2.12. The Hall–Kier alpha value is -1.90. The van der Waals surface area contributed by atoms with E-state index in [0.717, 1.165) is 15.7 Å². The number of anilines is 2. The van der Waals surface area contributed by atoms with Crippen LogP contribution in [0.4, 0.5) is 11.4 Å². The first-order valence-electron chi connectivity index (χ1n) is 7.07. The summed E-state index contributed by atoms with van der Waals surface area (Å²) in [5.41, 5.74) is 2.36. The van der Waals surface area contributed by atoms with E-state index in [4.69, 9.17) is 5.14 Å². The second-order valence-corrected chi connectivity index (χ2v) is 7.83. The van der Waals surface area contributed by atoms with Crippen molar-refractivity contribution in [2.75, 3.05) is 23.8 Å². The minimum atomic E-state index is -3.80. The molecule has 0 saturated carbocycles. The lowest BCUT2D eigenvalue weighted by Gasteiger charge is -2.19. The maximum absolute atomic E-state index is 12.2. The maximum Gasteiger partial charge on any atom is 0.243 e. The molecule has 0 unspecified atom stereocenters. The predicted octanol–water partition coefficient (Wildman–Crippen LogP) is 2.48. The van der Waals surface area contributed by atoms with E-state index in [1.807, 2.05) is 32.2 Å². The van der Waals surface area contributed by atoms with Crippen LogP contribution in [0.3, 0.4) is 0 Å². The summed E-state index contributed by atoms with van der Waals surface area (Å²) in [7, 11) is -1.99. The summed E-state index contributed by atoms with van der Waals surface area (Å²) in [6.45, 7) is 2.10. The zero-order valence-corrected chi connectivity index (χ0v) is 15.7. The lowest BCUT2D eigenvalue weighted by Crippen LogP contribution is -2.30. The second-order valence-electron chi connectivity index (χ2n) is 5.41. The highest BCUT2D eigenvalue weighted by molar-refractivity contribution is 9.10. The number of primary sulfonamides is 1. The van der Waals surface area contributed by atoms with Gasteiger partial charge in [0, 0.05) is 22.9 Å². The molecule has 2 rings (SSSR count). The van der Waals surface area contributed by atoms with Gasteiger partial charge in [0.1, 0.15) is 0 Å². The third kappa shape index (κ3) is 4.80. The Morgan fingerprint density at radius 1 is 1.25 bits per heavy atom. The summed E-state index contributed by atoms with van der Waals surface area (Å²) in [6, 6.07) is 11.6. The third-order valence-corrected chi connectivity index (χ3v) is 5.21. The number of rotatable bonds is 5. The Bertz CT molecular complexity index is 869. The lowest BCUT2D eigenvalue weighted by atomic mass is 10.2. The molecule has 1 amide bonds. The highest BCUT2D eigenvalue weighted by atomic mass is 79.9. The van der Waals surface area contributed by atoms with Crippen LogP contribution in [0.25, 0.3) is 0 Å². The fraction of sp³-hybridized carbons (Fsp3) is 0.188. The molecule has 0 aliphatic heterocycles. The van der Waals surface area contributed by atoms with Gasteiger partial charge in [-0.1, -0.05) is 22.0 Å². The monoisotopic (exact) mass is 411 g/mol. The van der Waals surface area contributed by atoms with Gasteiger partial charge in [-0.25, -0.2) is 13.6 Å². The van der Waals surface area contributed by atoms with Crippen molar-refractivity contribution in [3.63, 3.8) is 0 Å². The molecule has 0 aliphatic carbocycles. The van der Waals surface area contributed by atoms with Crippen LogP contribution in [-0.4, -0.2) is 27.9 Å². The Kier molecular flexibility index (Phi) is 5.63. The quantitative estimate of drug-likeness (QED) is 0.789. The van der Waals surface area contributed by atoms with Gasteiger partial charge in [-0.3, -0.25) is 4.79 Å². The van der Waals surface area contributed by atoms with Crippen LogP contribution in [0, 0.1) is 6.92 Å². The SMILES string of the molecule is Cc1cc(N(C)CC(=O)Nc2cccc(S(N)(=O)=O)c2)ccc1Br. The van der Waals surface area contributed by atoms with Crippen molar-refractivity contribution in [1.82, 2.24) is 0 Å². The lowest BCUT2D eigenvalue weighted by molar-refractivity contribution is -0.114. The Balaban J connectivity index is 2.06. The van der Waals surface area contributed by atoms with Gasteiger partial charge in [0.05, 0.1) is 11.4 Å². The topological polar surface area (TPSA) is 92.5 Å². The second kappa shape index (κ2) is 7.33. The largest absolute Gasteiger partial charge is 0.365 e. The van der Waals surface area contributed by atoms with Crippen molar-refractivity contribution < 1.29 is 13.2 Å². The van der Waals surface area contributed by atoms with E-state index in [1.165, 1.54) is 18.2 Å². The molecule has 6 nitrogen and oxygen atoms in total. The number of nitrogens with two attached hydrogens (primary N) is 1. The molecule has 2 aromatic carbocycles. The Labute approximate surface area is 149 Å². The third-order valence-electron chi connectivity index (χ3n) is 3.41. The molecule has 0 spiro atoms. The molecule has 0 aliphatic rings. The minimum absolute atomic E-state index is 0.0443. The number of aryl methyl sites for hydroxylation is 1. The predicted molar refractivity (Wildman–Crippen MR) is 98.6 cm³/mol. The van der Waals surface area contributed by atoms with Crippen molar-refractivity contribution >= 4 is 43.2 Å². The first kappa shape index (κ1) is 18.4. The van der Waals surface area contributed by atoms with Crippen molar-refractivity contribution in [2.24, 2.45) is 5.14 Å². The Morgan fingerprint density at radius 3 is 2.58 bits per heavy atom. The zero-order chi connectivity index (χ0) is 17.9. The van der Waals surface area contributed by atoms with Crippen LogP contribution in [0.2, 0.25) is 0 Å². The molecule has 0 saturated heterocycles. The normalized spacial score (nSPS) is 11.2. The number of carbonyl (C=O) groups is 1. The number of nitrogens with zero attached hydrogens (tertiary/aromatic N) is 1. The number of halogens is 1. The van der Waals surface area contributed by atoms with Gasteiger partial charge in [0.25, 0.3) is 0 Å². The highest BCUT2D eigenvalue weighted by Crippen LogP contribution is 2.22. The van der Waals surface area contributed by atoms with Crippen LogP contribution in [-0.2, 0) is 14.8 Å². The zero-order valence-electron chi connectivity index (χ0n) is 13.3. The molecule has 0 fully saturated rings. The van der Waals surface area contributed by atoms with Crippen molar-refractivity contribution in [2.45, 2.75) is 11.8 Å². The van der Waals surface area contributed by atoms with Crippen LogP contribution in [0.1, 0.15) is 5.56 Å². The number of likely N-dealkylation sites (N-methyl/N-ethyl adjacent to an activating group) is 1. The average Bonchev–Trinajstić information content (AvgIpc) is 2.49. The minimum Gasteiger partial charge on any atom is -0.365 e. The van der Waals surface area contributed by atoms with Crippen molar-refractivity contribution in [1.29, 1.82) is 0 Å². The van der Waals surface area contributed by atoms with E-state index in [-0.39, 0.29) is 17.3 Å². The molecule has 8 heteroatoms. The standard InChI is InChI=1S/C16H18BrN3O3S/c1-11-8-13(6-7-15(11)17)20(2)10-16(21)19-12-4-3-5-14(9-12)24(18,22)23/h3-9H,10H2,1-2H3,(H,19,21)(H2,18,22,23). The summed E-state index contributed by atoms with van der Waals surface area (Å²) in [4.78, 5) is 13.9. The van der Waals surface area contributed by atoms with Crippen LogP contribution in [0.15, 0.2) is 51.8 Å². The first-order valence-corrected chi connectivity index (χ1v) is 9.41. The average molecular weight is 412 g/mol.